The molecule has 0 bridgehead atoms. The lowest BCUT2D eigenvalue weighted by atomic mass is 10.2. The Morgan fingerprint density at radius 3 is 2.36 bits per heavy atom. The Bertz CT molecular complexity index is 420. The number of benzene rings is 1. The van der Waals surface area contributed by atoms with Crippen molar-refractivity contribution in [2.45, 2.75) is 6.54 Å². The molecular weight excluding hydrogens is 402 g/mol. The van der Waals surface area contributed by atoms with Crippen LogP contribution in [0.4, 0.5) is 0 Å². The molecule has 0 amide bonds. The van der Waals surface area contributed by atoms with Gasteiger partial charge in [-0.3, -0.25) is 4.68 Å². The Morgan fingerprint density at radius 2 is 1.79 bits per heavy atom. The average molecular weight is 410 g/mol. The third-order valence-electron chi connectivity index (χ3n) is 1.86. The van der Waals surface area contributed by atoms with E-state index in [9.17, 15) is 0 Å². The van der Waals surface area contributed by atoms with Crippen molar-refractivity contribution in [1.29, 1.82) is 0 Å². The standard InChI is InChI=1S/C10H8I2N2/c11-9-3-1-8(2-4-9)6-14-7-10(12)5-13-14/h1-5,7H,6H2. The molecule has 0 atom stereocenters. The molecule has 0 aliphatic heterocycles. The zero-order chi connectivity index (χ0) is 9.97. The molecule has 2 nitrogen and oxygen atoms in total. The van der Waals surface area contributed by atoms with Gasteiger partial charge < -0.3 is 0 Å². The molecule has 1 heterocycles. The van der Waals surface area contributed by atoms with E-state index in [1.807, 2.05) is 17.1 Å². The van der Waals surface area contributed by atoms with E-state index >= 15 is 0 Å². The van der Waals surface area contributed by atoms with Gasteiger partial charge >= 0.3 is 0 Å². The van der Waals surface area contributed by atoms with Crippen LogP contribution in [-0.2, 0) is 6.54 Å². The van der Waals surface area contributed by atoms with E-state index in [1.165, 1.54) is 12.7 Å². The molecule has 0 saturated heterocycles. The summed E-state index contributed by atoms with van der Waals surface area (Å²) in [5.74, 6) is 0. The molecule has 0 spiro atoms. The third-order valence-corrected chi connectivity index (χ3v) is 3.14. The van der Waals surface area contributed by atoms with Crippen LogP contribution in [0.15, 0.2) is 36.7 Å². The summed E-state index contributed by atoms with van der Waals surface area (Å²) in [6.45, 7) is 0.847. The van der Waals surface area contributed by atoms with Crippen molar-refractivity contribution >= 4 is 45.2 Å². The Kier molecular flexibility index (Phi) is 3.42. The second-order valence-corrected chi connectivity index (χ2v) is 5.47. The van der Waals surface area contributed by atoms with E-state index in [2.05, 4.69) is 74.5 Å². The molecule has 14 heavy (non-hydrogen) atoms. The molecule has 0 aliphatic carbocycles. The van der Waals surface area contributed by atoms with Gasteiger partial charge in [0.2, 0.25) is 0 Å². The first-order chi connectivity index (χ1) is 6.74. The molecule has 0 N–H and O–H groups in total. The largest absolute Gasteiger partial charge is 0.267 e. The first-order valence-electron chi connectivity index (χ1n) is 4.16. The van der Waals surface area contributed by atoms with E-state index in [0.29, 0.717) is 0 Å². The van der Waals surface area contributed by atoms with Crippen LogP contribution in [0.25, 0.3) is 0 Å². The summed E-state index contributed by atoms with van der Waals surface area (Å²) in [6.07, 6.45) is 3.91. The number of nitrogens with zero attached hydrogens (tertiary/aromatic N) is 2. The van der Waals surface area contributed by atoms with Crippen molar-refractivity contribution in [3.8, 4) is 0 Å². The predicted octanol–water partition coefficient (Wildman–Crippen LogP) is 3.14. The fraction of sp³-hybridized carbons (Fsp3) is 0.100. The van der Waals surface area contributed by atoms with Crippen LogP contribution < -0.4 is 0 Å². The highest BCUT2D eigenvalue weighted by atomic mass is 127. The van der Waals surface area contributed by atoms with Crippen LogP contribution in [0, 0.1) is 7.14 Å². The molecule has 2 aromatic rings. The molecule has 1 aromatic heterocycles. The van der Waals surface area contributed by atoms with Crippen LogP contribution in [-0.4, -0.2) is 9.78 Å². The van der Waals surface area contributed by atoms with Crippen LogP contribution in [0.1, 0.15) is 5.56 Å². The minimum atomic E-state index is 0.847. The normalized spacial score (nSPS) is 10.4. The lowest BCUT2D eigenvalue weighted by Crippen LogP contribution is -1.99. The van der Waals surface area contributed by atoms with Gasteiger partial charge in [0.25, 0.3) is 0 Å². The topological polar surface area (TPSA) is 17.8 Å². The molecule has 0 radical (unpaired) electrons. The van der Waals surface area contributed by atoms with Gasteiger partial charge in [-0.1, -0.05) is 12.1 Å². The van der Waals surface area contributed by atoms with Gasteiger partial charge in [-0.2, -0.15) is 5.10 Å². The lowest BCUT2D eigenvalue weighted by Gasteiger charge is -2.01. The molecule has 0 saturated carbocycles. The molecule has 0 fully saturated rings. The quantitative estimate of drug-likeness (QED) is 0.697. The van der Waals surface area contributed by atoms with E-state index < -0.39 is 0 Å². The Labute approximate surface area is 110 Å². The molecule has 0 aliphatic rings. The highest BCUT2D eigenvalue weighted by Crippen LogP contribution is 2.09. The molecular formula is C10H8I2N2. The summed E-state index contributed by atoms with van der Waals surface area (Å²) >= 11 is 4.57. The van der Waals surface area contributed by atoms with E-state index in [-0.39, 0.29) is 0 Å². The number of aromatic nitrogens is 2. The Balaban J connectivity index is 2.15. The van der Waals surface area contributed by atoms with Gasteiger partial charge in [0, 0.05) is 9.77 Å². The zero-order valence-electron chi connectivity index (χ0n) is 7.32. The SMILES string of the molecule is Ic1ccc(Cn2cc(I)cn2)cc1. The van der Waals surface area contributed by atoms with Gasteiger partial charge in [0.05, 0.1) is 16.3 Å². The first-order valence-corrected chi connectivity index (χ1v) is 6.32. The van der Waals surface area contributed by atoms with Crippen LogP contribution in [0.2, 0.25) is 0 Å². The molecule has 0 unspecified atom stereocenters. The average Bonchev–Trinajstić information content (AvgIpc) is 2.56. The number of hydrogen-bond donors (Lipinski definition) is 0. The van der Waals surface area contributed by atoms with Crippen molar-refractivity contribution in [2.24, 2.45) is 0 Å². The number of halogens is 2. The van der Waals surface area contributed by atoms with E-state index in [0.717, 1.165) is 6.54 Å². The van der Waals surface area contributed by atoms with Crippen molar-refractivity contribution in [2.75, 3.05) is 0 Å². The predicted molar refractivity (Wildman–Crippen MR) is 73.2 cm³/mol. The summed E-state index contributed by atoms with van der Waals surface area (Å²) in [6, 6.07) is 8.50. The van der Waals surface area contributed by atoms with Gasteiger partial charge in [0.15, 0.2) is 0 Å². The van der Waals surface area contributed by atoms with Crippen LogP contribution >= 0.6 is 45.2 Å². The maximum Gasteiger partial charge on any atom is 0.0659 e. The summed E-state index contributed by atoms with van der Waals surface area (Å²) in [5, 5.41) is 4.24. The van der Waals surface area contributed by atoms with E-state index in [4.69, 9.17) is 0 Å². The summed E-state index contributed by atoms with van der Waals surface area (Å²) < 4.78 is 4.39. The monoisotopic (exact) mass is 410 g/mol. The van der Waals surface area contributed by atoms with Crippen molar-refractivity contribution < 1.29 is 0 Å². The lowest BCUT2D eigenvalue weighted by molar-refractivity contribution is 0.686. The van der Waals surface area contributed by atoms with Gasteiger partial charge in [0.1, 0.15) is 0 Å². The van der Waals surface area contributed by atoms with Crippen molar-refractivity contribution in [3.05, 3.63) is 49.4 Å². The summed E-state index contributed by atoms with van der Waals surface area (Å²) in [7, 11) is 0. The maximum absolute atomic E-state index is 4.24. The van der Waals surface area contributed by atoms with Gasteiger partial charge in [-0.15, -0.1) is 0 Å². The second-order valence-electron chi connectivity index (χ2n) is 2.98. The fourth-order valence-corrected chi connectivity index (χ4v) is 2.01. The minimum Gasteiger partial charge on any atom is -0.267 e. The highest BCUT2D eigenvalue weighted by Gasteiger charge is 1.96. The van der Waals surface area contributed by atoms with Gasteiger partial charge in [-0.05, 0) is 62.9 Å². The van der Waals surface area contributed by atoms with Gasteiger partial charge in [-0.25, -0.2) is 0 Å². The maximum atomic E-state index is 4.24. The Hall–Kier alpha value is -0.110. The highest BCUT2D eigenvalue weighted by molar-refractivity contribution is 14.1. The first kappa shape index (κ1) is 10.4. The van der Waals surface area contributed by atoms with Crippen LogP contribution in [0.5, 0.6) is 0 Å². The minimum absolute atomic E-state index is 0.847. The zero-order valence-corrected chi connectivity index (χ0v) is 11.6. The second kappa shape index (κ2) is 4.61. The number of hydrogen-bond acceptors (Lipinski definition) is 1. The van der Waals surface area contributed by atoms with Crippen LogP contribution in [0.3, 0.4) is 0 Å². The molecule has 4 heteroatoms. The van der Waals surface area contributed by atoms with E-state index in [1.54, 1.807) is 0 Å². The van der Waals surface area contributed by atoms with Crippen molar-refractivity contribution in [1.82, 2.24) is 9.78 Å². The number of rotatable bonds is 2. The molecule has 1 aromatic carbocycles. The van der Waals surface area contributed by atoms with Crippen molar-refractivity contribution in [3.63, 3.8) is 0 Å². The smallest absolute Gasteiger partial charge is 0.0659 e. The summed E-state index contributed by atoms with van der Waals surface area (Å²) in [5.41, 5.74) is 1.28. The third kappa shape index (κ3) is 2.69. The Morgan fingerprint density at radius 1 is 1.07 bits per heavy atom. The molecule has 2 rings (SSSR count). The summed E-state index contributed by atoms with van der Waals surface area (Å²) in [4.78, 5) is 0. The fourth-order valence-electron chi connectivity index (χ4n) is 1.20. The molecule has 72 valence electrons.